The highest BCUT2D eigenvalue weighted by molar-refractivity contribution is 5.88. The number of carbonyl (C=O) groups excluding carboxylic acids is 1. The lowest BCUT2D eigenvalue weighted by Crippen LogP contribution is -2.75. The van der Waals surface area contributed by atoms with Crippen molar-refractivity contribution in [1.82, 2.24) is 4.90 Å². The normalized spacial score (nSPS) is 27.8. The van der Waals surface area contributed by atoms with Crippen LogP contribution in [0.25, 0.3) is 0 Å². The van der Waals surface area contributed by atoms with E-state index in [0.717, 1.165) is 0 Å². The van der Waals surface area contributed by atoms with Crippen LogP contribution in [0.3, 0.4) is 0 Å². The zero-order valence-electron chi connectivity index (χ0n) is 12.8. The number of hydrogen-bond acceptors (Lipinski definition) is 4. The van der Waals surface area contributed by atoms with E-state index in [1.807, 2.05) is 20.8 Å². The van der Waals surface area contributed by atoms with E-state index in [-0.39, 0.29) is 18.4 Å². The smallest absolute Gasteiger partial charge is 0.303 e. The summed E-state index contributed by atoms with van der Waals surface area (Å²) >= 11 is 0. The van der Waals surface area contributed by atoms with Gasteiger partial charge in [-0.3, -0.25) is 9.59 Å². The zero-order valence-corrected chi connectivity index (χ0v) is 12.8. The van der Waals surface area contributed by atoms with Crippen LogP contribution in [-0.2, 0) is 14.3 Å². The molecule has 6 heteroatoms. The lowest BCUT2D eigenvalue weighted by atomic mass is 9.54. The molecule has 0 aliphatic heterocycles. The number of nitrogens with zero attached hydrogens (tertiary/aromatic N) is 1. The van der Waals surface area contributed by atoms with Crippen LogP contribution >= 0.6 is 0 Å². The number of likely N-dealkylation sites (N-methyl/N-ethyl adjacent to an activating group) is 1. The number of nitrogens with two attached hydrogens (primary N) is 1. The van der Waals surface area contributed by atoms with E-state index in [9.17, 15) is 9.59 Å². The third-order valence-corrected chi connectivity index (χ3v) is 4.44. The Kier molecular flexibility index (Phi) is 5.15. The van der Waals surface area contributed by atoms with Crippen LogP contribution in [0.4, 0.5) is 0 Å². The number of rotatable bonds is 7. The van der Waals surface area contributed by atoms with Gasteiger partial charge in [0.25, 0.3) is 0 Å². The number of aliphatic carboxylic acids is 1. The Morgan fingerprint density at radius 2 is 2.05 bits per heavy atom. The third-order valence-electron chi connectivity index (χ3n) is 4.44. The number of ether oxygens (including phenoxy) is 1. The first-order valence-electron chi connectivity index (χ1n) is 7.04. The Bertz CT molecular complexity index is 383. The minimum absolute atomic E-state index is 0.00568. The molecular formula is C14H26N2O4. The monoisotopic (exact) mass is 286 g/mol. The minimum atomic E-state index is -0.926. The largest absolute Gasteiger partial charge is 0.481 e. The van der Waals surface area contributed by atoms with Gasteiger partial charge in [0.1, 0.15) is 5.54 Å². The quantitative estimate of drug-likeness (QED) is 0.723. The van der Waals surface area contributed by atoms with Gasteiger partial charge in [-0.05, 0) is 13.3 Å². The average molecular weight is 286 g/mol. The van der Waals surface area contributed by atoms with Crippen molar-refractivity contribution in [3.63, 3.8) is 0 Å². The molecule has 116 valence electrons. The lowest BCUT2D eigenvalue weighted by molar-refractivity contribution is -0.178. The molecule has 2 atom stereocenters. The van der Waals surface area contributed by atoms with Gasteiger partial charge >= 0.3 is 5.97 Å². The molecule has 0 aromatic heterocycles. The van der Waals surface area contributed by atoms with E-state index < -0.39 is 16.9 Å². The second kappa shape index (κ2) is 6.10. The second-order valence-electron chi connectivity index (χ2n) is 6.07. The summed E-state index contributed by atoms with van der Waals surface area (Å²) in [6, 6.07) is 0. The van der Waals surface area contributed by atoms with Gasteiger partial charge in [0.2, 0.25) is 5.91 Å². The topological polar surface area (TPSA) is 92.9 Å². The third kappa shape index (κ3) is 2.96. The first-order valence-corrected chi connectivity index (χ1v) is 7.04. The summed E-state index contributed by atoms with van der Waals surface area (Å²) in [5.74, 6) is -0.988. The van der Waals surface area contributed by atoms with Crippen molar-refractivity contribution >= 4 is 11.9 Å². The molecule has 1 aliphatic rings. The van der Waals surface area contributed by atoms with Crippen LogP contribution < -0.4 is 5.73 Å². The molecule has 0 bridgehead atoms. The average Bonchev–Trinajstić information content (AvgIpc) is 2.36. The Morgan fingerprint density at radius 1 is 1.45 bits per heavy atom. The van der Waals surface area contributed by atoms with E-state index >= 15 is 0 Å². The van der Waals surface area contributed by atoms with Crippen molar-refractivity contribution in [2.75, 3.05) is 20.2 Å². The summed E-state index contributed by atoms with van der Waals surface area (Å²) in [5, 5.41) is 8.61. The zero-order chi connectivity index (χ0) is 15.6. The number of carboxylic acid groups (broad SMARTS) is 1. The summed E-state index contributed by atoms with van der Waals surface area (Å²) in [6.07, 6.45) is 0.993. The van der Waals surface area contributed by atoms with Gasteiger partial charge in [-0.2, -0.15) is 0 Å². The fraction of sp³-hybridized carbons (Fsp3) is 0.857. The molecule has 2 unspecified atom stereocenters. The molecule has 1 aliphatic carbocycles. The van der Waals surface area contributed by atoms with Crippen LogP contribution in [0, 0.1) is 5.41 Å². The molecule has 0 aromatic carbocycles. The van der Waals surface area contributed by atoms with Crippen LogP contribution in [0.5, 0.6) is 0 Å². The van der Waals surface area contributed by atoms with E-state index in [1.165, 1.54) is 4.90 Å². The van der Waals surface area contributed by atoms with Crippen LogP contribution in [0.2, 0.25) is 0 Å². The van der Waals surface area contributed by atoms with Crippen molar-refractivity contribution in [2.24, 2.45) is 11.1 Å². The second-order valence-corrected chi connectivity index (χ2v) is 6.07. The maximum absolute atomic E-state index is 12.5. The van der Waals surface area contributed by atoms with Crippen molar-refractivity contribution < 1.29 is 19.4 Å². The highest BCUT2D eigenvalue weighted by atomic mass is 16.5. The molecule has 0 aromatic rings. The van der Waals surface area contributed by atoms with E-state index in [1.54, 1.807) is 7.05 Å². The molecule has 1 amide bonds. The van der Waals surface area contributed by atoms with Gasteiger partial charge in [0.15, 0.2) is 0 Å². The molecule has 0 heterocycles. The van der Waals surface area contributed by atoms with Crippen molar-refractivity contribution in [1.29, 1.82) is 0 Å². The number of amides is 1. The Labute approximate surface area is 120 Å². The highest BCUT2D eigenvalue weighted by Gasteiger charge is 2.63. The highest BCUT2D eigenvalue weighted by Crippen LogP contribution is 2.50. The van der Waals surface area contributed by atoms with E-state index in [2.05, 4.69) is 0 Å². The fourth-order valence-corrected chi connectivity index (χ4v) is 2.71. The number of carboxylic acids is 1. The summed E-state index contributed by atoms with van der Waals surface area (Å²) < 4.78 is 5.60. The lowest BCUT2D eigenvalue weighted by Gasteiger charge is -2.58. The maximum atomic E-state index is 12.5. The first-order chi connectivity index (χ1) is 9.16. The fourth-order valence-electron chi connectivity index (χ4n) is 2.71. The molecule has 1 rings (SSSR count). The van der Waals surface area contributed by atoms with Crippen molar-refractivity contribution in [3.8, 4) is 0 Å². The van der Waals surface area contributed by atoms with Gasteiger partial charge < -0.3 is 20.5 Å². The van der Waals surface area contributed by atoms with Crippen LogP contribution in [-0.4, -0.2) is 53.7 Å². The molecular weight excluding hydrogens is 260 g/mol. The summed E-state index contributed by atoms with van der Waals surface area (Å²) in [5.41, 5.74) is 4.95. The van der Waals surface area contributed by atoms with Crippen molar-refractivity contribution in [2.45, 2.75) is 51.7 Å². The minimum Gasteiger partial charge on any atom is -0.481 e. The summed E-state index contributed by atoms with van der Waals surface area (Å²) in [4.78, 5) is 24.5. The molecule has 1 fully saturated rings. The Morgan fingerprint density at radius 3 is 2.50 bits per heavy atom. The molecule has 0 radical (unpaired) electrons. The summed E-state index contributed by atoms with van der Waals surface area (Å²) in [6.45, 7) is 6.82. The van der Waals surface area contributed by atoms with Crippen LogP contribution in [0.1, 0.15) is 40.0 Å². The first kappa shape index (κ1) is 16.9. The van der Waals surface area contributed by atoms with Gasteiger partial charge in [-0.25, -0.2) is 0 Å². The molecule has 3 N–H and O–H groups in total. The standard InChI is InChI=1S/C14H26N2O4/c1-5-20-10-9-14(15,13(10,2)3)12(19)16(4)8-6-7-11(17)18/h10H,5-9,15H2,1-4H3,(H,17,18). The molecule has 6 nitrogen and oxygen atoms in total. The number of carbonyl (C=O) groups is 2. The Hall–Kier alpha value is -1.14. The Balaban J connectivity index is 2.60. The molecule has 20 heavy (non-hydrogen) atoms. The van der Waals surface area contributed by atoms with Gasteiger partial charge in [-0.1, -0.05) is 13.8 Å². The molecule has 0 spiro atoms. The van der Waals surface area contributed by atoms with Crippen molar-refractivity contribution in [3.05, 3.63) is 0 Å². The number of hydrogen-bond donors (Lipinski definition) is 2. The molecule has 0 saturated heterocycles. The van der Waals surface area contributed by atoms with Gasteiger partial charge in [0, 0.05) is 38.5 Å². The molecule has 1 saturated carbocycles. The SMILES string of the molecule is CCOC1CC(N)(C(=O)N(C)CCCC(=O)O)C1(C)C. The maximum Gasteiger partial charge on any atom is 0.303 e. The van der Waals surface area contributed by atoms with E-state index in [0.29, 0.717) is 26.0 Å². The van der Waals surface area contributed by atoms with Crippen LogP contribution in [0.15, 0.2) is 0 Å². The van der Waals surface area contributed by atoms with Gasteiger partial charge in [-0.15, -0.1) is 0 Å². The van der Waals surface area contributed by atoms with Gasteiger partial charge in [0.05, 0.1) is 6.10 Å². The predicted octanol–water partition coefficient (Wildman–Crippen LogP) is 0.842. The van der Waals surface area contributed by atoms with E-state index in [4.69, 9.17) is 15.6 Å². The summed E-state index contributed by atoms with van der Waals surface area (Å²) in [7, 11) is 1.67. The predicted molar refractivity (Wildman–Crippen MR) is 75.2 cm³/mol.